The average molecular weight is 1020 g/mol. The molecule has 0 spiro atoms. The average Bonchev–Trinajstić information content (AvgIpc) is 4.09. The van der Waals surface area contributed by atoms with Crippen LogP contribution in [0.4, 0.5) is 34.1 Å². The SMILES string of the molecule is c1ccc2c(N(c3ccc(-c4ccc(N(c5cccc6ccccc56)c5ccc(-n6c7ccccc7c7ccccc76)c6ccccc56)cc4)cc3)c3ccc(-n4c5ccccc5c5ccccc54)c4ccccc34)cccc2c1. The van der Waals surface area contributed by atoms with Gasteiger partial charge in [-0.2, -0.15) is 0 Å². The molecule has 0 aliphatic heterocycles. The van der Waals surface area contributed by atoms with Gasteiger partial charge in [0.25, 0.3) is 0 Å². The monoisotopic (exact) mass is 1020 g/mol. The summed E-state index contributed by atoms with van der Waals surface area (Å²) in [6.45, 7) is 0. The van der Waals surface area contributed by atoms with E-state index in [9.17, 15) is 0 Å². The Morgan fingerprint density at radius 3 is 0.825 bits per heavy atom. The fraction of sp³-hybridized carbons (Fsp3) is 0. The summed E-state index contributed by atoms with van der Waals surface area (Å²) in [5, 5.41) is 14.5. The maximum absolute atomic E-state index is 2.45. The van der Waals surface area contributed by atoms with E-state index in [4.69, 9.17) is 0 Å². The van der Waals surface area contributed by atoms with Crippen LogP contribution in [0.25, 0.3) is 109 Å². The van der Waals surface area contributed by atoms with E-state index in [1.807, 2.05) is 0 Å². The normalized spacial score (nSPS) is 11.8. The van der Waals surface area contributed by atoms with Crippen LogP contribution in [0.15, 0.2) is 303 Å². The molecule has 16 rings (SSSR count). The van der Waals surface area contributed by atoms with Gasteiger partial charge >= 0.3 is 0 Å². The van der Waals surface area contributed by atoms with Gasteiger partial charge < -0.3 is 18.9 Å². The minimum absolute atomic E-state index is 1.08. The Morgan fingerprint density at radius 1 is 0.188 bits per heavy atom. The minimum atomic E-state index is 1.08. The molecular formula is C76H50N4. The maximum atomic E-state index is 2.45. The predicted octanol–water partition coefficient (Wildman–Crippen LogP) is 21.1. The highest BCUT2D eigenvalue weighted by Crippen LogP contribution is 2.47. The lowest BCUT2D eigenvalue weighted by atomic mass is 10.0. The topological polar surface area (TPSA) is 16.3 Å². The summed E-state index contributed by atoms with van der Waals surface area (Å²) in [5.41, 5.74) is 16.0. The van der Waals surface area contributed by atoms with E-state index in [0.29, 0.717) is 0 Å². The largest absolute Gasteiger partial charge is 0.309 e. The Balaban J connectivity index is 0.817. The summed E-state index contributed by atoms with van der Waals surface area (Å²) in [4.78, 5) is 4.90. The lowest BCUT2D eigenvalue weighted by Crippen LogP contribution is -2.12. The number of rotatable bonds is 9. The molecule has 0 aliphatic carbocycles. The Hall–Kier alpha value is -10.7. The molecule has 4 nitrogen and oxygen atoms in total. The quantitative estimate of drug-likeness (QED) is 0.143. The molecule has 0 radical (unpaired) electrons. The van der Waals surface area contributed by atoms with Gasteiger partial charge in [-0.3, -0.25) is 0 Å². The standard InChI is InChI=1S/C76H50N4/c1-3-23-57-53(19-1)21-17-37-67(57)77(73-47-49-75(65-27-7-5-25-63(65)73)79-69-33-13-9-29-59(69)60-30-10-14-34-70(60)79)55-43-39-51(40-44-55)52-41-45-56(46-42-52)78(68-38-18-22-54-20-2-4-24-58(54)68)74-48-50-76(66-28-8-6-26-64(66)74)80-71-35-15-11-31-61(71)62-32-12-16-36-72(62)80/h1-50H. The Bertz CT molecular complexity index is 4640. The zero-order valence-corrected chi connectivity index (χ0v) is 43.7. The third kappa shape index (κ3) is 7.16. The Morgan fingerprint density at radius 2 is 0.463 bits per heavy atom. The highest BCUT2D eigenvalue weighted by Gasteiger charge is 2.24. The molecule has 2 aromatic heterocycles. The van der Waals surface area contributed by atoms with Crippen LogP contribution in [0.1, 0.15) is 0 Å². The third-order valence-corrected chi connectivity index (χ3v) is 16.5. The predicted molar refractivity (Wildman–Crippen MR) is 340 cm³/mol. The molecule has 0 atom stereocenters. The van der Waals surface area contributed by atoms with E-state index < -0.39 is 0 Å². The first-order valence-corrected chi connectivity index (χ1v) is 27.5. The van der Waals surface area contributed by atoms with Crippen LogP contribution in [-0.2, 0) is 0 Å². The Kier molecular flexibility index (Phi) is 10.5. The van der Waals surface area contributed by atoms with Gasteiger partial charge in [0, 0.05) is 65.2 Å². The first-order chi connectivity index (χ1) is 39.7. The van der Waals surface area contributed by atoms with Gasteiger partial charge in [-0.25, -0.2) is 0 Å². The fourth-order valence-corrected chi connectivity index (χ4v) is 12.9. The van der Waals surface area contributed by atoms with Crippen LogP contribution in [-0.4, -0.2) is 9.13 Å². The van der Waals surface area contributed by atoms with Crippen molar-refractivity contribution in [2.24, 2.45) is 0 Å². The number of fused-ring (bicyclic) bond motifs is 10. The van der Waals surface area contributed by atoms with Crippen molar-refractivity contribution >= 4 is 121 Å². The van der Waals surface area contributed by atoms with E-state index >= 15 is 0 Å². The summed E-state index contributed by atoms with van der Waals surface area (Å²) < 4.78 is 4.87. The molecule has 0 saturated heterocycles. The molecule has 374 valence electrons. The van der Waals surface area contributed by atoms with E-state index in [1.54, 1.807) is 0 Å². The number of benzene rings is 14. The number of hydrogen-bond acceptors (Lipinski definition) is 2. The number of aromatic nitrogens is 2. The molecular weight excluding hydrogens is 969 g/mol. The van der Waals surface area contributed by atoms with Crippen LogP contribution >= 0.6 is 0 Å². The molecule has 16 aromatic rings. The van der Waals surface area contributed by atoms with Crippen molar-refractivity contribution in [3.63, 3.8) is 0 Å². The number of para-hydroxylation sites is 4. The van der Waals surface area contributed by atoms with Crippen molar-refractivity contribution in [1.82, 2.24) is 9.13 Å². The van der Waals surface area contributed by atoms with Crippen molar-refractivity contribution in [2.75, 3.05) is 9.80 Å². The summed E-state index contributed by atoms with van der Waals surface area (Å²) in [6, 6.07) is 111. The summed E-state index contributed by atoms with van der Waals surface area (Å²) in [5.74, 6) is 0. The molecule has 4 heteroatoms. The van der Waals surface area contributed by atoms with Crippen LogP contribution in [0.2, 0.25) is 0 Å². The first-order valence-electron chi connectivity index (χ1n) is 27.5. The van der Waals surface area contributed by atoms with Gasteiger partial charge in [-0.1, -0.05) is 218 Å². The second-order valence-electron chi connectivity index (χ2n) is 20.8. The number of hydrogen-bond donors (Lipinski definition) is 0. The molecule has 14 aromatic carbocycles. The van der Waals surface area contributed by atoms with Crippen molar-refractivity contribution in [2.45, 2.75) is 0 Å². The highest BCUT2D eigenvalue weighted by atomic mass is 15.2. The van der Waals surface area contributed by atoms with Gasteiger partial charge in [-0.15, -0.1) is 0 Å². The van der Waals surface area contributed by atoms with Crippen molar-refractivity contribution in [3.8, 4) is 22.5 Å². The second kappa shape index (κ2) is 18.5. The van der Waals surface area contributed by atoms with Gasteiger partial charge in [-0.05, 0) is 107 Å². The number of anilines is 6. The molecule has 0 aliphatic rings. The zero-order chi connectivity index (χ0) is 52.7. The third-order valence-electron chi connectivity index (χ3n) is 16.5. The molecule has 0 saturated carbocycles. The van der Waals surface area contributed by atoms with Gasteiger partial charge in [0.2, 0.25) is 0 Å². The molecule has 0 fully saturated rings. The zero-order valence-electron chi connectivity index (χ0n) is 43.7. The van der Waals surface area contributed by atoms with Crippen molar-refractivity contribution in [1.29, 1.82) is 0 Å². The minimum Gasteiger partial charge on any atom is -0.309 e. The molecule has 0 bridgehead atoms. The lowest BCUT2D eigenvalue weighted by molar-refractivity contribution is 1.19. The van der Waals surface area contributed by atoms with Crippen molar-refractivity contribution in [3.05, 3.63) is 303 Å². The summed E-state index contributed by atoms with van der Waals surface area (Å²) in [6.07, 6.45) is 0. The molecule has 2 heterocycles. The van der Waals surface area contributed by atoms with Gasteiger partial charge in [0.1, 0.15) is 0 Å². The van der Waals surface area contributed by atoms with Crippen LogP contribution in [0.5, 0.6) is 0 Å². The highest BCUT2D eigenvalue weighted by molar-refractivity contribution is 6.15. The smallest absolute Gasteiger partial charge is 0.0542 e. The molecule has 80 heavy (non-hydrogen) atoms. The van der Waals surface area contributed by atoms with Gasteiger partial charge in [0.05, 0.1) is 56.2 Å². The van der Waals surface area contributed by atoms with E-state index in [0.717, 1.165) is 56.6 Å². The Labute approximate surface area is 463 Å². The second-order valence-corrected chi connectivity index (χ2v) is 20.8. The molecule has 0 N–H and O–H groups in total. The first kappa shape index (κ1) is 45.5. The lowest BCUT2D eigenvalue weighted by Gasteiger charge is -2.29. The van der Waals surface area contributed by atoms with Crippen molar-refractivity contribution < 1.29 is 0 Å². The maximum Gasteiger partial charge on any atom is 0.0542 e. The molecule has 0 amide bonds. The van der Waals surface area contributed by atoms with Crippen LogP contribution in [0, 0.1) is 0 Å². The van der Waals surface area contributed by atoms with Crippen LogP contribution < -0.4 is 9.80 Å². The summed E-state index contributed by atoms with van der Waals surface area (Å²) >= 11 is 0. The van der Waals surface area contributed by atoms with Crippen LogP contribution in [0.3, 0.4) is 0 Å². The van der Waals surface area contributed by atoms with E-state index in [-0.39, 0.29) is 0 Å². The fourth-order valence-electron chi connectivity index (χ4n) is 12.9. The van der Waals surface area contributed by atoms with Gasteiger partial charge in [0.15, 0.2) is 0 Å². The molecule has 0 unspecified atom stereocenters. The summed E-state index contributed by atoms with van der Waals surface area (Å²) in [7, 11) is 0. The number of nitrogens with zero attached hydrogens (tertiary/aromatic N) is 4. The van der Waals surface area contributed by atoms with E-state index in [2.05, 4.69) is 322 Å². The van der Waals surface area contributed by atoms with E-state index in [1.165, 1.54) is 86.7 Å².